The van der Waals surface area contributed by atoms with Gasteiger partial charge in [-0.25, -0.2) is 9.59 Å². The molecule has 0 aromatic heterocycles. The van der Waals surface area contributed by atoms with Crippen LogP contribution < -0.4 is 27.0 Å². The summed E-state index contributed by atoms with van der Waals surface area (Å²) in [5.74, 6) is -2.21. The van der Waals surface area contributed by atoms with Crippen LogP contribution in [0.5, 0.6) is 0 Å². The van der Waals surface area contributed by atoms with Crippen molar-refractivity contribution in [2.75, 3.05) is 24.6 Å². The molecule has 6 N–H and O–H groups in total. The number of hydrogen-bond donors (Lipinski definition) is 5. The van der Waals surface area contributed by atoms with E-state index in [4.69, 9.17) is 15.2 Å². The van der Waals surface area contributed by atoms with E-state index in [9.17, 15) is 28.8 Å². The number of primary amides is 1. The molecular formula is C26H44N6O8S2. The van der Waals surface area contributed by atoms with Gasteiger partial charge in [0.25, 0.3) is 0 Å². The van der Waals surface area contributed by atoms with Crippen molar-refractivity contribution in [3.8, 4) is 0 Å². The average Bonchev–Trinajstić information content (AvgIpc) is 3.55. The van der Waals surface area contributed by atoms with Crippen molar-refractivity contribution >= 4 is 57.4 Å². The fraction of sp³-hybridized carbons (Fsp3) is 0.769. The number of imide groups is 1. The first-order chi connectivity index (χ1) is 19.5. The summed E-state index contributed by atoms with van der Waals surface area (Å²) in [7, 11) is 2.31. The van der Waals surface area contributed by atoms with Gasteiger partial charge in [0.2, 0.25) is 23.6 Å². The lowest BCUT2D eigenvalue weighted by molar-refractivity contribution is -0.138. The van der Waals surface area contributed by atoms with Crippen LogP contribution in [0, 0.1) is 0 Å². The molecule has 0 radical (unpaired) electrons. The van der Waals surface area contributed by atoms with Gasteiger partial charge in [-0.05, 0) is 73.8 Å². The Morgan fingerprint density at radius 3 is 1.93 bits per heavy atom. The van der Waals surface area contributed by atoms with E-state index in [-0.39, 0.29) is 11.5 Å². The molecule has 0 saturated carbocycles. The minimum absolute atomic E-state index is 0.0160. The molecule has 42 heavy (non-hydrogen) atoms. The molecule has 6 amide bonds. The van der Waals surface area contributed by atoms with Crippen molar-refractivity contribution in [3.63, 3.8) is 0 Å². The average molecular weight is 633 g/mol. The monoisotopic (exact) mass is 632 g/mol. The Hall–Kier alpha value is -2.72. The van der Waals surface area contributed by atoms with Gasteiger partial charge in [-0.15, -0.1) is 0 Å². The number of hydrogen-bond acceptors (Lipinski definition) is 11. The molecule has 0 aliphatic carbocycles. The van der Waals surface area contributed by atoms with Crippen molar-refractivity contribution in [1.82, 2.24) is 26.2 Å². The number of nitrogens with two attached hydrogens (primary N) is 1. The molecule has 14 nitrogen and oxygen atoms in total. The van der Waals surface area contributed by atoms with Crippen LogP contribution in [0.1, 0.15) is 67.2 Å². The third kappa shape index (κ3) is 12.3. The van der Waals surface area contributed by atoms with Gasteiger partial charge >= 0.3 is 12.2 Å². The van der Waals surface area contributed by atoms with E-state index in [0.29, 0.717) is 32.4 Å². The maximum absolute atomic E-state index is 13.4. The van der Waals surface area contributed by atoms with Crippen LogP contribution in [-0.4, -0.2) is 101 Å². The van der Waals surface area contributed by atoms with Crippen LogP contribution >= 0.6 is 21.6 Å². The number of carbonyl (C=O) groups excluding carboxylic acids is 6. The summed E-state index contributed by atoms with van der Waals surface area (Å²) in [6.45, 7) is 11.1. The van der Waals surface area contributed by atoms with E-state index in [1.54, 1.807) is 41.5 Å². The lowest BCUT2D eigenvalue weighted by Gasteiger charge is -2.28. The van der Waals surface area contributed by atoms with Crippen LogP contribution in [0.4, 0.5) is 9.59 Å². The van der Waals surface area contributed by atoms with Crippen LogP contribution in [0.25, 0.3) is 0 Å². The zero-order valence-electron chi connectivity index (χ0n) is 25.1. The van der Waals surface area contributed by atoms with Crippen LogP contribution in [0.15, 0.2) is 0 Å². The van der Waals surface area contributed by atoms with E-state index in [1.807, 2.05) is 0 Å². The van der Waals surface area contributed by atoms with E-state index in [2.05, 4.69) is 21.3 Å². The normalized spacial score (nSPS) is 20.3. The molecule has 2 rings (SSSR count). The quantitative estimate of drug-likeness (QED) is 0.161. The number of nitrogens with zero attached hydrogens (tertiary/aromatic N) is 1. The topological polar surface area (TPSA) is 198 Å². The second-order valence-corrected chi connectivity index (χ2v) is 14.6. The number of rotatable bonds is 11. The van der Waals surface area contributed by atoms with Gasteiger partial charge in [0.05, 0.1) is 6.04 Å². The number of alkyl carbamates (subject to hydrolysis) is 2. The molecule has 16 heteroatoms. The molecule has 2 fully saturated rings. The third-order valence-corrected chi connectivity index (χ3v) is 8.46. The highest BCUT2D eigenvalue weighted by Gasteiger charge is 2.37. The number of likely N-dealkylation sites (tertiary alicyclic amines) is 1. The van der Waals surface area contributed by atoms with Crippen molar-refractivity contribution < 1.29 is 38.2 Å². The summed E-state index contributed by atoms with van der Waals surface area (Å²) in [5.41, 5.74) is 3.87. The van der Waals surface area contributed by atoms with Gasteiger partial charge in [0, 0.05) is 18.1 Å². The Bertz CT molecular complexity index is 1010. The predicted octanol–water partition coefficient (Wildman–Crippen LogP) is 1.03. The summed E-state index contributed by atoms with van der Waals surface area (Å²) in [6.07, 6.45) is 0.817. The summed E-state index contributed by atoms with van der Waals surface area (Å²) in [4.78, 5) is 77.0. The first-order valence-electron chi connectivity index (χ1n) is 13.9. The summed E-state index contributed by atoms with van der Waals surface area (Å²) >= 11 is 0. The van der Waals surface area contributed by atoms with Crippen LogP contribution in [0.2, 0.25) is 0 Å². The van der Waals surface area contributed by atoms with Crippen LogP contribution in [0.3, 0.4) is 0 Å². The largest absolute Gasteiger partial charge is 0.444 e. The Morgan fingerprint density at radius 2 is 1.43 bits per heavy atom. The molecule has 0 aromatic carbocycles. The highest BCUT2D eigenvalue weighted by Crippen LogP contribution is 2.26. The molecule has 2 aliphatic rings. The summed E-state index contributed by atoms with van der Waals surface area (Å²) < 4.78 is 10.6. The van der Waals surface area contributed by atoms with Gasteiger partial charge in [-0.3, -0.25) is 24.5 Å². The molecule has 4 atom stereocenters. The minimum atomic E-state index is -1.13. The lowest BCUT2D eigenvalue weighted by Crippen LogP contribution is -2.54. The number of carbonyl (C=O) groups is 6. The van der Waals surface area contributed by atoms with Gasteiger partial charge in [-0.2, -0.15) is 0 Å². The second kappa shape index (κ2) is 15.7. The van der Waals surface area contributed by atoms with Crippen molar-refractivity contribution in [2.24, 2.45) is 5.73 Å². The number of nitrogens with one attached hydrogen (secondary N) is 4. The highest BCUT2D eigenvalue weighted by molar-refractivity contribution is 8.76. The zero-order valence-corrected chi connectivity index (χ0v) is 26.7. The van der Waals surface area contributed by atoms with Gasteiger partial charge in [0.1, 0.15) is 29.3 Å². The molecule has 2 saturated heterocycles. The molecule has 2 heterocycles. The third-order valence-electron chi connectivity index (χ3n) is 6.04. The number of amides is 6. The lowest BCUT2D eigenvalue weighted by atomic mass is 10.2. The Kier molecular flexibility index (Phi) is 13.2. The van der Waals surface area contributed by atoms with E-state index < -0.39 is 71.2 Å². The maximum Gasteiger partial charge on any atom is 0.408 e. The van der Waals surface area contributed by atoms with Gasteiger partial charge in [0.15, 0.2) is 0 Å². The molecule has 0 bridgehead atoms. The summed E-state index contributed by atoms with van der Waals surface area (Å²) in [5, 5.41) is 10.4. The summed E-state index contributed by atoms with van der Waals surface area (Å²) in [6, 6.07) is -3.44. The standard InChI is InChI=1S/C26H44N6O8S2/c1-25(2,3)39-23(37)29-16(21(35)31-20(34)15-9-7-11-28-15)13-41-42-14-17(30-24(38)40-26(4,5)6)22(36)32-12-8-10-18(32)19(27)33/h15-18,28H,7-14H2,1-6H3,(H2,27,33)(H,29,37)(H,30,38)(H,31,34,35)/t15-,16-,17-,18-/m0/s1. The molecule has 2 aliphatic heterocycles. The zero-order chi connectivity index (χ0) is 31.7. The first-order valence-corrected chi connectivity index (χ1v) is 16.4. The number of ether oxygens (including phenoxy) is 2. The molecule has 0 spiro atoms. The molecule has 0 unspecified atom stereocenters. The maximum atomic E-state index is 13.4. The van der Waals surface area contributed by atoms with E-state index >= 15 is 0 Å². The Morgan fingerprint density at radius 1 is 0.881 bits per heavy atom. The predicted molar refractivity (Wildman–Crippen MR) is 159 cm³/mol. The molecule has 238 valence electrons. The van der Waals surface area contributed by atoms with Crippen molar-refractivity contribution in [1.29, 1.82) is 0 Å². The second-order valence-electron chi connectivity index (χ2n) is 12.1. The highest BCUT2D eigenvalue weighted by atomic mass is 33.1. The van der Waals surface area contributed by atoms with Crippen molar-refractivity contribution in [3.05, 3.63) is 0 Å². The van der Waals surface area contributed by atoms with Gasteiger partial charge in [-0.1, -0.05) is 21.6 Å². The Balaban J connectivity index is 2.07. The molecule has 0 aromatic rings. The van der Waals surface area contributed by atoms with E-state index in [1.165, 1.54) is 4.90 Å². The fourth-order valence-electron chi connectivity index (χ4n) is 4.22. The first kappa shape index (κ1) is 35.5. The smallest absolute Gasteiger partial charge is 0.408 e. The minimum Gasteiger partial charge on any atom is -0.444 e. The molecular weight excluding hydrogens is 588 g/mol. The SMILES string of the molecule is CC(C)(C)OC(=O)N[C@@H](CSSC[C@H](NC(=O)OC(C)(C)C)C(=O)N1CCC[C@H]1C(N)=O)C(=O)NC(=O)[C@@H]1CCCN1. The Labute approximate surface area is 254 Å². The van der Waals surface area contributed by atoms with Gasteiger partial charge < -0.3 is 36.1 Å². The van der Waals surface area contributed by atoms with Crippen molar-refractivity contribution in [2.45, 2.75) is 103 Å². The van der Waals surface area contributed by atoms with E-state index in [0.717, 1.165) is 28.0 Å². The fourth-order valence-corrected chi connectivity index (χ4v) is 6.54. The van der Waals surface area contributed by atoms with Crippen LogP contribution in [-0.2, 0) is 28.7 Å².